The molecule has 6 nitrogen and oxygen atoms in total. The molecule has 2 aromatic rings. The first kappa shape index (κ1) is 14.9. The molecule has 0 atom stereocenters. The number of fused-ring (bicyclic) bond motifs is 1. The average Bonchev–Trinajstić information content (AvgIpc) is 3.03. The molecule has 1 amide bonds. The number of nitrogens with zero attached hydrogens (tertiary/aromatic N) is 4. The number of nitrogens with one attached hydrogen (secondary N) is 1. The monoisotopic (exact) mass is 333 g/mol. The van der Waals surface area contributed by atoms with Crippen molar-refractivity contribution in [3.8, 4) is 0 Å². The smallest absolute Gasteiger partial charge is 0.220 e. The Hall–Kier alpha value is -1.63. The number of rotatable bonds is 1. The molecular weight excluding hydrogens is 310 g/mol. The molecule has 2 saturated heterocycles. The lowest BCUT2D eigenvalue weighted by molar-refractivity contribution is -0.120. The molecule has 1 N–H and O–H groups in total. The van der Waals surface area contributed by atoms with Crippen LogP contribution in [0.2, 0.25) is 0 Å². The Kier molecular flexibility index (Phi) is 3.55. The predicted octanol–water partition coefficient (Wildman–Crippen LogP) is 2.22. The minimum Gasteiger partial charge on any atom is -0.356 e. The lowest BCUT2D eigenvalue weighted by Gasteiger charge is -2.41. The van der Waals surface area contributed by atoms with E-state index in [0.717, 1.165) is 61.8 Å². The lowest BCUT2D eigenvalue weighted by Crippen LogP contribution is -2.40. The number of thiazole rings is 1. The van der Waals surface area contributed by atoms with E-state index in [4.69, 9.17) is 4.98 Å². The fourth-order valence-corrected chi connectivity index (χ4v) is 5.02. The molecule has 7 heteroatoms. The molecule has 2 aliphatic rings. The van der Waals surface area contributed by atoms with E-state index in [9.17, 15) is 4.79 Å². The molecule has 1 spiro atoms. The van der Waals surface area contributed by atoms with E-state index in [-0.39, 0.29) is 5.91 Å². The number of aromatic nitrogens is 3. The normalized spacial score (nSPS) is 21.7. The van der Waals surface area contributed by atoms with Gasteiger partial charge < -0.3 is 10.2 Å². The van der Waals surface area contributed by atoms with Gasteiger partial charge in [0.15, 0.2) is 10.8 Å². The largest absolute Gasteiger partial charge is 0.356 e. The minimum absolute atomic E-state index is 0.221. The molecule has 2 aliphatic heterocycles. The number of anilines is 1. The maximum atomic E-state index is 11.6. The SMILES string of the molecule is Cc1nn(C)c2nc(N3CCC4(CCNC(=O)CC4)CC3)sc12. The Bertz CT molecular complexity index is 707. The molecule has 2 fully saturated rings. The van der Waals surface area contributed by atoms with Crippen LogP contribution < -0.4 is 10.2 Å². The van der Waals surface area contributed by atoms with E-state index < -0.39 is 0 Å². The quantitative estimate of drug-likeness (QED) is 0.869. The summed E-state index contributed by atoms with van der Waals surface area (Å²) in [5.41, 5.74) is 2.41. The fraction of sp³-hybridized carbons (Fsp3) is 0.688. The summed E-state index contributed by atoms with van der Waals surface area (Å²) in [6.45, 7) is 4.97. The highest BCUT2D eigenvalue weighted by Gasteiger charge is 2.36. The van der Waals surface area contributed by atoms with Crippen molar-refractivity contribution in [2.45, 2.75) is 39.0 Å². The lowest BCUT2D eigenvalue weighted by atomic mass is 9.73. The highest BCUT2D eigenvalue weighted by molar-refractivity contribution is 7.22. The molecule has 4 rings (SSSR count). The summed E-state index contributed by atoms with van der Waals surface area (Å²) in [6, 6.07) is 0. The van der Waals surface area contributed by atoms with Gasteiger partial charge in [-0.3, -0.25) is 4.79 Å². The summed E-state index contributed by atoms with van der Waals surface area (Å²) in [5.74, 6) is 0.221. The molecule has 124 valence electrons. The average molecular weight is 333 g/mol. The number of carbonyl (C=O) groups is 1. The standard InChI is InChI=1S/C16H23N5OS/c1-11-13-14(20(2)19-11)18-15(23-13)21-9-6-16(7-10-21)4-3-12(22)17-8-5-16/h3-10H2,1-2H3,(H,17,22). The highest BCUT2D eigenvalue weighted by Crippen LogP contribution is 2.42. The summed E-state index contributed by atoms with van der Waals surface area (Å²) in [6.07, 6.45) is 5.17. The Morgan fingerprint density at radius 1 is 1.22 bits per heavy atom. The van der Waals surface area contributed by atoms with Crippen LogP contribution in [0.1, 0.15) is 37.8 Å². The molecule has 4 heterocycles. The Balaban J connectivity index is 1.50. The molecule has 0 bridgehead atoms. The van der Waals surface area contributed by atoms with Gasteiger partial charge in [0.1, 0.15) is 0 Å². The topological polar surface area (TPSA) is 63.1 Å². The van der Waals surface area contributed by atoms with Gasteiger partial charge in [-0.2, -0.15) is 5.10 Å². The summed E-state index contributed by atoms with van der Waals surface area (Å²) in [7, 11) is 1.96. The first-order valence-corrected chi connectivity index (χ1v) is 9.20. The van der Waals surface area contributed by atoms with Gasteiger partial charge in [-0.1, -0.05) is 11.3 Å². The van der Waals surface area contributed by atoms with Crippen LogP contribution in [0.25, 0.3) is 10.3 Å². The van der Waals surface area contributed by atoms with E-state index in [1.807, 2.05) is 18.7 Å². The van der Waals surface area contributed by atoms with Crippen molar-refractivity contribution in [3.05, 3.63) is 5.69 Å². The third-order valence-corrected chi connectivity index (χ3v) is 6.70. The van der Waals surface area contributed by atoms with Crippen LogP contribution in [0, 0.1) is 12.3 Å². The summed E-state index contributed by atoms with van der Waals surface area (Å²) in [4.78, 5) is 18.8. The van der Waals surface area contributed by atoms with Crippen molar-refractivity contribution in [3.63, 3.8) is 0 Å². The second-order valence-electron chi connectivity index (χ2n) is 6.95. The van der Waals surface area contributed by atoms with Gasteiger partial charge in [-0.15, -0.1) is 0 Å². The molecule has 0 radical (unpaired) electrons. The first-order valence-electron chi connectivity index (χ1n) is 8.38. The van der Waals surface area contributed by atoms with Crippen molar-refractivity contribution >= 4 is 32.7 Å². The summed E-state index contributed by atoms with van der Waals surface area (Å²) < 4.78 is 3.07. The number of piperidine rings is 1. The van der Waals surface area contributed by atoms with Crippen molar-refractivity contribution in [2.75, 3.05) is 24.5 Å². The maximum absolute atomic E-state index is 11.6. The van der Waals surface area contributed by atoms with Crippen molar-refractivity contribution in [1.82, 2.24) is 20.1 Å². The number of amides is 1. The van der Waals surface area contributed by atoms with E-state index in [0.29, 0.717) is 11.8 Å². The van der Waals surface area contributed by atoms with Gasteiger partial charge in [-0.25, -0.2) is 9.67 Å². The van der Waals surface area contributed by atoms with E-state index in [2.05, 4.69) is 15.3 Å². The minimum atomic E-state index is 0.221. The van der Waals surface area contributed by atoms with E-state index >= 15 is 0 Å². The Morgan fingerprint density at radius 3 is 2.74 bits per heavy atom. The van der Waals surface area contributed by atoms with Crippen LogP contribution in [0.4, 0.5) is 5.13 Å². The van der Waals surface area contributed by atoms with Crippen LogP contribution in [0.3, 0.4) is 0 Å². The van der Waals surface area contributed by atoms with Crippen molar-refractivity contribution < 1.29 is 4.79 Å². The molecule has 23 heavy (non-hydrogen) atoms. The summed E-state index contributed by atoms with van der Waals surface area (Å²) >= 11 is 1.76. The number of aryl methyl sites for hydroxylation is 2. The van der Waals surface area contributed by atoms with Crippen LogP contribution in [-0.4, -0.2) is 40.3 Å². The van der Waals surface area contributed by atoms with E-state index in [1.54, 1.807) is 11.3 Å². The van der Waals surface area contributed by atoms with Gasteiger partial charge >= 0.3 is 0 Å². The van der Waals surface area contributed by atoms with Crippen LogP contribution in [-0.2, 0) is 11.8 Å². The van der Waals surface area contributed by atoms with Gasteiger partial charge in [0.25, 0.3) is 0 Å². The molecule has 0 unspecified atom stereocenters. The molecule has 2 aromatic heterocycles. The second-order valence-corrected chi connectivity index (χ2v) is 7.92. The second kappa shape index (κ2) is 5.47. The first-order chi connectivity index (χ1) is 11.1. The van der Waals surface area contributed by atoms with Gasteiger partial charge in [0, 0.05) is 33.1 Å². The predicted molar refractivity (Wildman–Crippen MR) is 91.9 cm³/mol. The zero-order valence-electron chi connectivity index (χ0n) is 13.8. The number of carbonyl (C=O) groups excluding carboxylic acids is 1. The third-order valence-electron chi connectivity index (χ3n) is 5.49. The molecular formula is C16H23N5OS. The molecule has 0 aliphatic carbocycles. The van der Waals surface area contributed by atoms with Gasteiger partial charge in [0.05, 0.1) is 10.4 Å². The van der Waals surface area contributed by atoms with Gasteiger partial charge in [0.2, 0.25) is 5.91 Å². The fourth-order valence-electron chi connectivity index (χ4n) is 3.94. The Labute approximate surface area is 139 Å². The molecule has 0 aromatic carbocycles. The maximum Gasteiger partial charge on any atom is 0.220 e. The zero-order valence-corrected chi connectivity index (χ0v) is 14.6. The van der Waals surface area contributed by atoms with Crippen molar-refractivity contribution in [2.24, 2.45) is 12.5 Å². The highest BCUT2D eigenvalue weighted by atomic mass is 32.1. The van der Waals surface area contributed by atoms with Crippen LogP contribution >= 0.6 is 11.3 Å². The van der Waals surface area contributed by atoms with Crippen LogP contribution in [0.15, 0.2) is 0 Å². The van der Waals surface area contributed by atoms with Crippen molar-refractivity contribution in [1.29, 1.82) is 0 Å². The van der Waals surface area contributed by atoms with Crippen LogP contribution in [0.5, 0.6) is 0 Å². The number of hydrogen-bond donors (Lipinski definition) is 1. The van der Waals surface area contributed by atoms with Gasteiger partial charge in [-0.05, 0) is 38.0 Å². The zero-order chi connectivity index (χ0) is 16.0. The van der Waals surface area contributed by atoms with E-state index in [1.165, 1.54) is 4.70 Å². The third kappa shape index (κ3) is 2.60. The Morgan fingerprint density at radius 2 is 2.00 bits per heavy atom. The molecule has 0 saturated carbocycles. The summed E-state index contributed by atoms with van der Waals surface area (Å²) in [5, 5.41) is 8.56. The number of hydrogen-bond acceptors (Lipinski definition) is 5.